The molecule has 1 saturated heterocycles. The zero-order valence-electron chi connectivity index (χ0n) is 8.51. The molecule has 1 atom stereocenters. The third-order valence-electron chi connectivity index (χ3n) is 2.66. The number of rotatable bonds is 2. The van der Waals surface area contributed by atoms with Crippen molar-refractivity contribution in [2.45, 2.75) is 17.2 Å². The largest absolute Gasteiger partial charge is 0.355 e. The second kappa shape index (κ2) is 3.88. The van der Waals surface area contributed by atoms with E-state index in [4.69, 9.17) is 5.14 Å². The fraction of sp³-hybridized carbons (Fsp3) is 0.300. The zero-order valence-corrected chi connectivity index (χ0v) is 9.33. The number of primary sulfonamides is 1. The van der Waals surface area contributed by atoms with Gasteiger partial charge in [-0.3, -0.25) is 4.79 Å². The summed E-state index contributed by atoms with van der Waals surface area (Å²) in [4.78, 5) is 11.1. The van der Waals surface area contributed by atoms with Crippen molar-refractivity contribution < 1.29 is 13.2 Å². The third kappa shape index (κ3) is 2.23. The summed E-state index contributed by atoms with van der Waals surface area (Å²) in [5.74, 6) is 0.155. The van der Waals surface area contributed by atoms with Gasteiger partial charge in [0.05, 0.1) is 4.90 Å². The Hall–Kier alpha value is -1.40. The molecule has 16 heavy (non-hydrogen) atoms. The monoisotopic (exact) mass is 240 g/mol. The minimum absolute atomic E-state index is 0.0283. The third-order valence-corrected chi connectivity index (χ3v) is 3.59. The molecule has 0 spiro atoms. The first-order chi connectivity index (χ1) is 7.47. The van der Waals surface area contributed by atoms with Crippen LogP contribution in [0.15, 0.2) is 29.2 Å². The van der Waals surface area contributed by atoms with Gasteiger partial charge in [-0.2, -0.15) is 0 Å². The van der Waals surface area contributed by atoms with Crippen LogP contribution in [0.2, 0.25) is 0 Å². The number of carbonyl (C=O) groups excluding carboxylic acids is 1. The Bertz CT molecular complexity index is 507. The quantitative estimate of drug-likeness (QED) is 0.758. The first-order valence-corrected chi connectivity index (χ1v) is 6.41. The van der Waals surface area contributed by atoms with Gasteiger partial charge >= 0.3 is 0 Å². The van der Waals surface area contributed by atoms with Gasteiger partial charge in [-0.15, -0.1) is 0 Å². The van der Waals surface area contributed by atoms with Gasteiger partial charge < -0.3 is 5.32 Å². The standard InChI is InChI=1S/C10H12N2O3S/c11-16(14,15)9-3-1-7(2-4-9)8-5-10(13)12-6-8/h1-4,8H,5-6H2,(H,12,13)(H2,11,14,15). The Morgan fingerprint density at radius 2 is 1.88 bits per heavy atom. The number of hydrogen-bond donors (Lipinski definition) is 2. The molecule has 1 heterocycles. The van der Waals surface area contributed by atoms with E-state index in [2.05, 4.69) is 5.32 Å². The van der Waals surface area contributed by atoms with E-state index < -0.39 is 10.0 Å². The van der Waals surface area contributed by atoms with E-state index in [1.807, 2.05) is 0 Å². The summed E-state index contributed by atoms with van der Waals surface area (Å²) < 4.78 is 22.1. The van der Waals surface area contributed by atoms with E-state index in [0.29, 0.717) is 13.0 Å². The second-order valence-corrected chi connectivity index (χ2v) is 5.38. The van der Waals surface area contributed by atoms with Crippen LogP contribution < -0.4 is 10.5 Å². The predicted molar refractivity (Wildman–Crippen MR) is 58.2 cm³/mol. The zero-order chi connectivity index (χ0) is 11.8. The molecular weight excluding hydrogens is 228 g/mol. The number of hydrogen-bond acceptors (Lipinski definition) is 3. The highest BCUT2D eigenvalue weighted by atomic mass is 32.2. The summed E-state index contributed by atoms with van der Waals surface area (Å²) >= 11 is 0. The van der Waals surface area contributed by atoms with Crippen molar-refractivity contribution in [2.75, 3.05) is 6.54 Å². The Kier molecular flexibility index (Phi) is 2.69. The molecule has 1 aliphatic rings. The van der Waals surface area contributed by atoms with Crippen molar-refractivity contribution in [1.82, 2.24) is 5.32 Å². The summed E-state index contributed by atoms with van der Waals surface area (Å²) in [6.45, 7) is 0.605. The van der Waals surface area contributed by atoms with Crippen LogP contribution in [0, 0.1) is 0 Å². The van der Waals surface area contributed by atoms with Crippen LogP contribution in [0.1, 0.15) is 17.9 Å². The molecule has 6 heteroatoms. The molecule has 5 nitrogen and oxygen atoms in total. The Balaban J connectivity index is 2.23. The highest BCUT2D eigenvalue weighted by Gasteiger charge is 2.23. The summed E-state index contributed by atoms with van der Waals surface area (Å²) in [5, 5.41) is 7.72. The van der Waals surface area contributed by atoms with E-state index in [0.717, 1.165) is 5.56 Å². The van der Waals surface area contributed by atoms with Crippen molar-refractivity contribution in [3.8, 4) is 0 Å². The molecule has 0 aromatic heterocycles. The normalized spacial score (nSPS) is 20.8. The average Bonchev–Trinajstić information content (AvgIpc) is 2.64. The Morgan fingerprint density at radius 3 is 2.31 bits per heavy atom. The van der Waals surface area contributed by atoms with Gasteiger partial charge in [0.1, 0.15) is 0 Å². The summed E-state index contributed by atoms with van der Waals surface area (Å²) in [7, 11) is -3.64. The van der Waals surface area contributed by atoms with Crippen LogP contribution in [0.5, 0.6) is 0 Å². The van der Waals surface area contributed by atoms with E-state index >= 15 is 0 Å². The van der Waals surface area contributed by atoms with Gasteiger partial charge in [-0.05, 0) is 17.7 Å². The lowest BCUT2D eigenvalue weighted by molar-refractivity contribution is -0.119. The van der Waals surface area contributed by atoms with Crippen LogP contribution in [0.4, 0.5) is 0 Å². The van der Waals surface area contributed by atoms with Gasteiger partial charge in [0.25, 0.3) is 0 Å². The molecule has 1 unspecified atom stereocenters. The molecule has 1 fully saturated rings. The molecule has 1 aromatic carbocycles. The number of nitrogens with two attached hydrogens (primary N) is 1. The first kappa shape index (κ1) is 11.1. The van der Waals surface area contributed by atoms with Crippen LogP contribution in [0.25, 0.3) is 0 Å². The SMILES string of the molecule is NS(=O)(=O)c1ccc(C2CNC(=O)C2)cc1. The maximum absolute atomic E-state index is 11.0. The molecule has 86 valence electrons. The van der Waals surface area contributed by atoms with E-state index in [9.17, 15) is 13.2 Å². The number of nitrogens with one attached hydrogen (secondary N) is 1. The number of sulfonamides is 1. The lowest BCUT2D eigenvalue weighted by Gasteiger charge is -2.07. The van der Waals surface area contributed by atoms with Crippen LogP contribution >= 0.6 is 0 Å². The fourth-order valence-electron chi connectivity index (χ4n) is 1.77. The highest BCUT2D eigenvalue weighted by Crippen LogP contribution is 2.23. The molecule has 0 bridgehead atoms. The molecule has 3 N–H and O–H groups in total. The van der Waals surface area contributed by atoms with Crippen LogP contribution in [-0.2, 0) is 14.8 Å². The second-order valence-electron chi connectivity index (χ2n) is 3.82. The Labute approximate surface area is 93.7 Å². The van der Waals surface area contributed by atoms with E-state index in [1.54, 1.807) is 12.1 Å². The molecule has 1 amide bonds. The van der Waals surface area contributed by atoms with Crippen molar-refractivity contribution in [3.63, 3.8) is 0 Å². The molecular formula is C10H12N2O3S. The molecule has 0 radical (unpaired) electrons. The molecule has 1 aliphatic heterocycles. The minimum Gasteiger partial charge on any atom is -0.355 e. The van der Waals surface area contributed by atoms with Gasteiger partial charge in [0, 0.05) is 18.9 Å². The summed E-state index contributed by atoms with van der Waals surface area (Å²) in [5.41, 5.74) is 0.950. The van der Waals surface area contributed by atoms with Gasteiger partial charge in [0.2, 0.25) is 15.9 Å². The van der Waals surface area contributed by atoms with Crippen molar-refractivity contribution in [3.05, 3.63) is 29.8 Å². The average molecular weight is 240 g/mol. The van der Waals surface area contributed by atoms with Gasteiger partial charge in [0.15, 0.2) is 0 Å². The van der Waals surface area contributed by atoms with Gasteiger partial charge in [-0.1, -0.05) is 12.1 Å². The fourth-order valence-corrected chi connectivity index (χ4v) is 2.29. The number of amides is 1. The highest BCUT2D eigenvalue weighted by molar-refractivity contribution is 7.89. The number of carbonyl (C=O) groups is 1. The summed E-state index contributed by atoms with van der Waals surface area (Å²) in [6, 6.07) is 6.33. The van der Waals surface area contributed by atoms with Crippen molar-refractivity contribution in [2.24, 2.45) is 5.14 Å². The van der Waals surface area contributed by atoms with E-state index in [-0.39, 0.29) is 16.7 Å². The lowest BCUT2D eigenvalue weighted by atomic mass is 9.99. The predicted octanol–water partition coefficient (Wildman–Crippen LogP) is -0.0625. The van der Waals surface area contributed by atoms with Crippen molar-refractivity contribution >= 4 is 15.9 Å². The summed E-state index contributed by atoms with van der Waals surface area (Å²) in [6.07, 6.45) is 0.453. The van der Waals surface area contributed by atoms with Crippen molar-refractivity contribution in [1.29, 1.82) is 0 Å². The maximum atomic E-state index is 11.0. The molecule has 1 aromatic rings. The van der Waals surface area contributed by atoms with Crippen LogP contribution in [-0.4, -0.2) is 20.9 Å². The Morgan fingerprint density at radius 1 is 1.25 bits per heavy atom. The minimum atomic E-state index is -3.64. The topological polar surface area (TPSA) is 89.3 Å². The molecule has 0 aliphatic carbocycles. The molecule has 0 saturated carbocycles. The molecule has 2 rings (SSSR count). The smallest absolute Gasteiger partial charge is 0.238 e. The van der Waals surface area contributed by atoms with Gasteiger partial charge in [-0.25, -0.2) is 13.6 Å². The number of benzene rings is 1. The first-order valence-electron chi connectivity index (χ1n) is 4.86. The van der Waals surface area contributed by atoms with E-state index in [1.165, 1.54) is 12.1 Å². The van der Waals surface area contributed by atoms with Crippen LogP contribution in [0.3, 0.4) is 0 Å². The maximum Gasteiger partial charge on any atom is 0.238 e. The lowest BCUT2D eigenvalue weighted by Crippen LogP contribution is -2.14.